The lowest BCUT2D eigenvalue weighted by molar-refractivity contribution is -0.123. The molecule has 2 rings (SSSR count). The quantitative estimate of drug-likeness (QED) is 0.583. The van der Waals surface area contributed by atoms with Crippen molar-refractivity contribution < 1.29 is 19.7 Å². The predicted molar refractivity (Wildman–Crippen MR) is 86.9 cm³/mol. The molecule has 0 radical (unpaired) electrons. The van der Waals surface area contributed by atoms with Gasteiger partial charge in [-0.2, -0.15) is 5.10 Å². The first kappa shape index (κ1) is 16.4. The first-order valence-corrected chi connectivity index (χ1v) is 6.99. The van der Waals surface area contributed by atoms with Crippen LogP contribution in [0.25, 0.3) is 0 Å². The number of phenols is 2. The standard InChI is InChI=1S/C17H18N2O4/c1-11-4-3-5-14(6-11)23-10-17(22)19-18-9-15-12(2)7-13(20)8-16(15)21/h3-9,20-21H,10H2,1-2H3,(H,19,22)/b18-9+. The molecule has 0 aliphatic carbocycles. The Kier molecular flexibility index (Phi) is 5.19. The predicted octanol–water partition coefficient (Wildman–Crippen LogP) is 2.24. The van der Waals surface area contributed by atoms with Crippen LogP contribution in [0.1, 0.15) is 16.7 Å². The van der Waals surface area contributed by atoms with Crippen LogP contribution in [0.15, 0.2) is 41.5 Å². The Bertz CT molecular complexity index is 718. The van der Waals surface area contributed by atoms with E-state index in [1.54, 1.807) is 13.0 Å². The van der Waals surface area contributed by atoms with Gasteiger partial charge < -0.3 is 14.9 Å². The molecule has 2 aromatic rings. The summed E-state index contributed by atoms with van der Waals surface area (Å²) < 4.78 is 5.35. The number of aromatic hydroxyl groups is 2. The van der Waals surface area contributed by atoms with Crippen LogP contribution in [0.2, 0.25) is 0 Å². The van der Waals surface area contributed by atoms with Crippen molar-refractivity contribution in [3.8, 4) is 17.2 Å². The maximum Gasteiger partial charge on any atom is 0.277 e. The SMILES string of the molecule is Cc1cccc(OCC(=O)N/N=C/c2c(C)cc(O)cc2O)c1. The van der Waals surface area contributed by atoms with Crippen LogP contribution in [0, 0.1) is 13.8 Å². The summed E-state index contributed by atoms with van der Waals surface area (Å²) in [7, 11) is 0. The van der Waals surface area contributed by atoms with Gasteiger partial charge in [-0.15, -0.1) is 0 Å². The van der Waals surface area contributed by atoms with Crippen molar-refractivity contribution in [2.24, 2.45) is 5.10 Å². The topological polar surface area (TPSA) is 91.2 Å². The van der Waals surface area contributed by atoms with Crippen molar-refractivity contribution in [3.05, 3.63) is 53.1 Å². The zero-order valence-electron chi connectivity index (χ0n) is 12.9. The lowest BCUT2D eigenvalue weighted by Crippen LogP contribution is -2.24. The highest BCUT2D eigenvalue weighted by molar-refractivity contribution is 5.87. The molecule has 120 valence electrons. The van der Waals surface area contributed by atoms with E-state index in [-0.39, 0.29) is 18.1 Å². The third kappa shape index (κ3) is 4.74. The minimum absolute atomic E-state index is 0.0345. The fourth-order valence-electron chi connectivity index (χ4n) is 1.98. The maximum absolute atomic E-state index is 11.7. The molecule has 0 unspecified atom stereocenters. The molecule has 2 aromatic carbocycles. The van der Waals surface area contributed by atoms with Gasteiger partial charge >= 0.3 is 0 Å². The van der Waals surface area contributed by atoms with Gasteiger partial charge in [0.2, 0.25) is 0 Å². The zero-order valence-corrected chi connectivity index (χ0v) is 12.9. The number of carbonyl (C=O) groups excluding carboxylic acids is 1. The number of hydrogen-bond acceptors (Lipinski definition) is 5. The number of hydrazone groups is 1. The molecule has 0 heterocycles. The van der Waals surface area contributed by atoms with E-state index >= 15 is 0 Å². The van der Waals surface area contributed by atoms with Crippen LogP contribution >= 0.6 is 0 Å². The van der Waals surface area contributed by atoms with Crippen molar-refractivity contribution in [1.82, 2.24) is 5.43 Å². The van der Waals surface area contributed by atoms with Crippen molar-refractivity contribution >= 4 is 12.1 Å². The fraction of sp³-hybridized carbons (Fsp3) is 0.176. The Hall–Kier alpha value is -3.02. The second-order valence-electron chi connectivity index (χ2n) is 5.09. The Morgan fingerprint density at radius 3 is 2.74 bits per heavy atom. The number of carbonyl (C=O) groups is 1. The summed E-state index contributed by atoms with van der Waals surface area (Å²) in [6.07, 6.45) is 1.31. The molecule has 0 bridgehead atoms. The van der Waals surface area contributed by atoms with Crippen molar-refractivity contribution in [1.29, 1.82) is 0 Å². The van der Waals surface area contributed by atoms with Crippen LogP contribution in [-0.2, 0) is 4.79 Å². The minimum atomic E-state index is -0.418. The van der Waals surface area contributed by atoms with E-state index in [0.717, 1.165) is 5.56 Å². The van der Waals surface area contributed by atoms with E-state index in [1.807, 2.05) is 25.1 Å². The lowest BCUT2D eigenvalue weighted by atomic mass is 10.1. The average molecular weight is 314 g/mol. The summed E-state index contributed by atoms with van der Waals surface area (Å²) in [5.41, 5.74) is 4.41. The van der Waals surface area contributed by atoms with Gasteiger partial charge in [0.25, 0.3) is 5.91 Å². The number of nitrogens with zero attached hydrogens (tertiary/aromatic N) is 1. The molecule has 6 nitrogen and oxygen atoms in total. The first-order chi connectivity index (χ1) is 11.0. The molecule has 0 fully saturated rings. The molecule has 0 saturated carbocycles. The highest BCUT2D eigenvalue weighted by Gasteiger charge is 2.06. The summed E-state index contributed by atoms with van der Waals surface area (Å²) in [6.45, 7) is 3.48. The number of ether oxygens (including phenoxy) is 1. The van der Waals surface area contributed by atoms with Crippen LogP contribution in [0.5, 0.6) is 17.2 Å². The number of aryl methyl sites for hydroxylation is 2. The molecular weight excluding hydrogens is 296 g/mol. The lowest BCUT2D eigenvalue weighted by Gasteiger charge is -2.06. The molecule has 0 aliphatic heterocycles. The van der Waals surface area contributed by atoms with E-state index in [9.17, 15) is 15.0 Å². The third-order valence-corrected chi connectivity index (χ3v) is 3.09. The Labute approximate surface area is 134 Å². The second-order valence-corrected chi connectivity index (χ2v) is 5.09. The van der Waals surface area contributed by atoms with Gasteiger partial charge in [0.05, 0.1) is 6.21 Å². The fourth-order valence-corrected chi connectivity index (χ4v) is 1.98. The van der Waals surface area contributed by atoms with Gasteiger partial charge in [0, 0.05) is 11.6 Å². The molecule has 0 spiro atoms. The van der Waals surface area contributed by atoms with Gasteiger partial charge in [-0.05, 0) is 43.2 Å². The monoisotopic (exact) mass is 314 g/mol. The molecule has 0 atom stereocenters. The van der Waals surface area contributed by atoms with Crippen LogP contribution in [0.3, 0.4) is 0 Å². The van der Waals surface area contributed by atoms with Gasteiger partial charge in [-0.3, -0.25) is 4.79 Å². The highest BCUT2D eigenvalue weighted by Crippen LogP contribution is 2.24. The number of phenolic OH excluding ortho intramolecular Hbond substituents is 2. The van der Waals surface area contributed by atoms with E-state index in [2.05, 4.69) is 10.5 Å². The summed E-state index contributed by atoms with van der Waals surface area (Å²) in [5.74, 6) is 0.0408. The highest BCUT2D eigenvalue weighted by atomic mass is 16.5. The molecule has 3 N–H and O–H groups in total. The molecule has 1 amide bonds. The van der Waals surface area contributed by atoms with E-state index in [4.69, 9.17) is 4.74 Å². The molecule has 6 heteroatoms. The van der Waals surface area contributed by atoms with Gasteiger partial charge in [0.1, 0.15) is 17.2 Å². The van der Waals surface area contributed by atoms with Crippen molar-refractivity contribution in [2.75, 3.05) is 6.61 Å². The Morgan fingerprint density at radius 1 is 1.26 bits per heavy atom. The van der Waals surface area contributed by atoms with Crippen molar-refractivity contribution in [2.45, 2.75) is 13.8 Å². The Balaban J connectivity index is 1.89. The number of hydrogen-bond donors (Lipinski definition) is 3. The summed E-state index contributed by atoms with van der Waals surface area (Å²) in [6, 6.07) is 10.1. The van der Waals surface area contributed by atoms with Crippen LogP contribution in [0.4, 0.5) is 0 Å². The molecule has 23 heavy (non-hydrogen) atoms. The normalized spacial score (nSPS) is 10.7. The molecule has 0 aliphatic rings. The first-order valence-electron chi connectivity index (χ1n) is 6.99. The van der Waals surface area contributed by atoms with E-state index in [0.29, 0.717) is 16.9 Å². The zero-order chi connectivity index (χ0) is 16.8. The van der Waals surface area contributed by atoms with E-state index < -0.39 is 5.91 Å². The second kappa shape index (κ2) is 7.31. The molecular formula is C17H18N2O4. The number of amides is 1. The van der Waals surface area contributed by atoms with Crippen molar-refractivity contribution in [3.63, 3.8) is 0 Å². The van der Waals surface area contributed by atoms with Gasteiger partial charge in [-0.25, -0.2) is 5.43 Å². The summed E-state index contributed by atoms with van der Waals surface area (Å²) in [4.78, 5) is 11.7. The molecule has 0 saturated heterocycles. The van der Waals surface area contributed by atoms with Gasteiger partial charge in [0.15, 0.2) is 6.61 Å². The largest absolute Gasteiger partial charge is 0.508 e. The summed E-state index contributed by atoms with van der Waals surface area (Å²) >= 11 is 0. The van der Waals surface area contributed by atoms with E-state index in [1.165, 1.54) is 18.3 Å². The summed E-state index contributed by atoms with van der Waals surface area (Å²) in [5, 5.41) is 22.8. The molecule has 0 aromatic heterocycles. The third-order valence-electron chi connectivity index (χ3n) is 3.09. The number of rotatable bonds is 5. The van der Waals surface area contributed by atoms with Gasteiger partial charge in [-0.1, -0.05) is 12.1 Å². The van der Waals surface area contributed by atoms with Crippen LogP contribution < -0.4 is 10.2 Å². The average Bonchev–Trinajstić information content (AvgIpc) is 2.48. The number of nitrogens with one attached hydrogen (secondary N) is 1. The minimum Gasteiger partial charge on any atom is -0.508 e. The number of benzene rings is 2. The Morgan fingerprint density at radius 2 is 2.04 bits per heavy atom. The van der Waals surface area contributed by atoms with Crippen LogP contribution in [-0.4, -0.2) is 28.9 Å². The smallest absolute Gasteiger partial charge is 0.277 e. The maximum atomic E-state index is 11.7.